The van der Waals surface area contributed by atoms with Crippen LogP contribution >= 0.6 is 0 Å². The Bertz CT molecular complexity index is 320. The first-order valence-electron chi connectivity index (χ1n) is 5.50. The van der Waals surface area contributed by atoms with E-state index in [1.807, 2.05) is 6.92 Å². The molecule has 4 heteroatoms. The molecule has 0 amide bonds. The molecule has 1 aromatic rings. The third-order valence-corrected chi connectivity index (χ3v) is 3.05. The Labute approximate surface area is 90.7 Å². The van der Waals surface area contributed by atoms with Crippen molar-refractivity contribution in [1.29, 1.82) is 0 Å². The predicted octanol–water partition coefficient (Wildman–Crippen LogP) is 0.973. The van der Waals surface area contributed by atoms with E-state index in [2.05, 4.69) is 27.2 Å². The summed E-state index contributed by atoms with van der Waals surface area (Å²) in [5.74, 6) is 1.02. The number of hydrogen-bond donors (Lipinski definition) is 1. The lowest BCUT2D eigenvalue weighted by atomic mass is 10.1. The molecule has 1 aromatic heterocycles. The summed E-state index contributed by atoms with van der Waals surface area (Å²) in [6.07, 6.45) is 5.88. The van der Waals surface area contributed by atoms with Gasteiger partial charge in [0.15, 0.2) is 0 Å². The van der Waals surface area contributed by atoms with E-state index in [0.29, 0.717) is 6.04 Å². The maximum absolute atomic E-state index is 4.40. The summed E-state index contributed by atoms with van der Waals surface area (Å²) in [7, 11) is 2.12. The quantitative estimate of drug-likeness (QED) is 0.783. The third kappa shape index (κ3) is 2.26. The van der Waals surface area contributed by atoms with Crippen LogP contribution in [0, 0.1) is 6.92 Å². The SMILES string of the molecule is Cc1nccnc1N(C)C1CCNCC1. The van der Waals surface area contributed by atoms with E-state index >= 15 is 0 Å². The van der Waals surface area contributed by atoms with Crippen molar-refractivity contribution in [3.63, 3.8) is 0 Å². The zero-order valence-corrected chi connectivity index (χ0v) is 9.40. The van der Waals surface area contributed by atoms with E-state index in [4.69, 9.17) is 0 Å². The second-order valence-electron chi connectivity index (χ2n) is 4.06. The van der Waals surface area contributed by atoms with Gasteiger partial charge in [-0.15, -0.1) is 0 Å². The molecule has 0 aliphatic carbocycles. The van der Waals surface area contributed by atoms with Crippen LogP contribution in [0.25, 0.3) is 0 Å². The van der Waals surface area contributed by atoms with Crippen molar-refractivity contribution >= 4 is 5.82 Å². The zero-order chi connectivity index (χ0) is 10.7. The molecular formula is C11H18N4. The van der Waals surface area contributed by atoms with Crippen molar-refractivity contribution in [1.82, 2.24) is 15.3 Å². The van der Waals surface area contributed by atoms with Gasteiger partial charge < -0.3 is 10.2 Å². The standard InChI is InChI=1S/C11H18N4/c1-9-11(14-8-7-13-9)15(2)10-3-5-12-6-4-10/h7-8,10,12H,3-6H2,1-2H3. The molecule has 0 unspecified atom stereocenters. The Morgan fingerprint density at radius 3 is 2.60 bits per heavy atom. The first kappa shape index (κ1) is 10.4. The van der Waals surface area contributed by atoms with Gasteiger partial charge in [-0.3, -0.25) is 4.98 Å². The van der Waals surface area contributed by atoms with E-state index in [1.54, 1.807) is 12.4 Å². The number of aromatic nitrogens is 2. The zero-order valence-electron chi connectivity index (χ0n) is 9.40. The summed E-state index contributed by atoms with van der Waals surface area (Å²) < 4.78 is 0. The van der Waals surface area contributed by atoms with Gasteiger partial charge in [0, 0.05) is 25.5 Å². The number of piperidine rings is 1. The molecule has 15 heavy (non-hydrogen) atoms. The highest BCUT2D eigenvalue weighted by molar-refractivity contribution is 5.42. The molecule has 2 heterocycles. The third-order valence-electron chi connectivity index (χ3n) is 3.05. The highest BCUT2D eigenvalue weighted by Crippen LogP contribution is 2.19. The minimum atomic E-state index is 0.599. The van der Waals surface area contributed by atoms with Gasteiger partial charge in [0.25, 0.3) is 0 Å². The molecule has 0 aromatic carbocycles. The molecule has 0 bridgehead atoms. The Morgan fingerprint density at radius 2 is 1.93 bits per heavy atom. The number of hydrogen-bond acceptors (Lipinski definition) is 4. The Morgan fingerprint density at radius 1 is 1.27 bits per heavy atom. The van der Waals surface area contributed by atoms with Crippen molar-refractivity contribution in [2.75, 3.05) is 25.0 Å². The van der Waals surface area contributed by atoms with Crippen LogP contribution in [0.3, 0.4) is 0 Å². The Hall–Kier alpha value is -1.16. The van der Waals surface area contributed by atoms with E-state index in [9.17, 15) is 0 Å². The molecule has 0 radical (unpaired) electrons. The van der Waals surface area contributed by atoms with Gasteiger partial charge in [0.2, 0.25) is 0 Å². The molecular weight excluding hydrogens is 188 g/mol. The molecule has 4 nitrogen and oxygen atoms in total. The van der Waals surface area contributed by atoms with Crippen molar-refractivity contribution < 1.29 is 0 Å². The topological polar surface area (TPSA) is 41.1 Å². The van der Waals surface area contributed by atoms with Crippen molar-refractivity contribution in [3.8, 4) is 0 Å². The van der Waals surface area contributed by atoms with Gasteiger partial charge in [-0.1, -0.05) is 0 Å². The van der Waals surface area contributed by atoms with Crippen molar-refractivity contribution in [2.45, 2.75) is 25.8 Å². The second-order valence-corrected chi connectivity index (χ2v) is 4.06. The summed E-state index contributed by atoms with van der Waals surface area (Å²) >= 11 is 0. The molecule has 1 aliphatic rings. The number of nitrogens with zero attached hydrogens (tertiary/aromatic N) is 3. The lowest BCUT2D eigenvalue weighted by molar-refractivity contribution is 0.441. The lowest BCUT2D eigenvalue weighted by Gasteiger charge is -2.32. The minimum Gasteiger partial charge on any atom is -0.355 e. The van der Waals surface area contributed by atoms with Gasteiger partial charge in [-0.25, -0.2) is 4.98 Å². The van der Waals surface area contributed by atoms with E-state index in [-0.39, 0.29) is 0 Å². The molecule has 0 spiro atoms. The summed E-state index contributed by atoms with van der Waals surface area (Å²) in [5.41, 5.74) is 1.01. The highest BCUT2D eigenvalue weighted by Gasteiger charge is 2.19. The van der Waals surface area contributed by atoms with Gasteiger partial charge >= 0.3 is 0 Å². The van der Waals surface area contributed by atoms with Crippen LogP contribution in [0.15, 0.2) is 12.4 Å². The van der Waals surface area contributed by atoms with Gasteiger partial charge in [0.1, 0.15) is 5.82 Å². The lowest BCUT2D eigenvalue weighted by Crippen LogP contribution is -2.41. The number of aryl methyl sites for hydroxylation is 1. The fourth-order valence-electron chi connectivity index (χ4n) is 2.11. The highest BCUT2D eigenvalue weighted by atomic mass is 15.2. The van der Waals surface area contributed by atoms with Crippen LogP contribution in [0.2, 0.25) is 0 Å². The molecule has 1 N–H and O–H groups in total. The van der Waals surface area contributed by atoms with Crippen LogP contribution in [0.1, 0.15) is 18.5 Å². The normalized spacial score (nSPS) is 17.7. The molecule has 2 rings (SSSR count). The molecule has 0 saturated carbocycles. The average molecular weight is 206 g/mol. The first-order chi connectivity index (χ1) is 7.29. The van der Waals surface area contributed by atoms with E-state index in [1.165, 1.54) is 12.8 Å². The van der Waals surface area contributed by atoms with E-state index < -0.39 is 0 Å². The Kier molecular flexibility index (Phi) is 3.16. The van der Waals surface area contributed by atoms with Crippen LogP contribution in [-0.2, 0) is 0 Å². The monoisotopic (exact) mass is 206 g/mol. The van der Waals surface area contributed by atoms with Gasteiger partial charge in [0.05, 0.1) is 5.69 Å². The maximum Gasteiger partial charge on any atom is 0.150 e. The average Bonchev–Trinajstić information content (AvgIpc) is 2.30. The predicted molar refractivity (Wildman–Crippen MR) is 61.1 cm³/mol. The number of anilines is 1. The minimum absolute atomic E-state index is 0.599. The van der Waals surface area contributed by atoms with Crippen molar-refractivity contribution in [3.05, 3.63) is 18.1 Å². The smallest absolute Gasteiger partial charge is 0.150 e. The van der Waals surface area contributed by atoms with Gasteiger partial charge in [-0.2, -0.15) is 0 Å². The summed E-state index contributed by atoms with van der Waals surface area (Å²) in [4.78, 5) is 10.9. The van der Waals surface area contributed by atoms with Crippen LogP contribution < -0.4 is 10.2 Å². The Balaban J connectivity index is 2.12. The van der Waals surface area contributed by atoms with Crippen molar-refractivity contribution in [2.24, 2.45) is 0 Å². The van der Waals surface area contributed by atoms with Crippen LogP contribution in [-0.4, -0.2) is 36.1 Å². The van der Waals surface area contributed by atoms with Crippen LogP contribution in [0.5, 0.6) is 0 Å². The molecule has 1 fully saturated rings. The fourth-order valence-corrected chi connectivity index (χ4v) is 2.11. The second kappa shape index (κ2) is 4.57. The largest absolute Gasteiger partial charge is 0.355 e. The molecule has 82 valence electrons. The van der Waals surface area contributed by atoms with Gasteiger partial charge in [-0.05, 0) is 32.9 Å². The first-order valence-corrected chi connectivity index (χ1v) is 5.50. The molecule has 1 saturated heterocycles. The van der Waals surface area contributed by atoms with Crippen LogP contribution in [0.4, 0.5) is 5.82 Å². The fraction of sp³-hybridized carbons (Fsp3) is 0.636. The number of rotatable bonds is 2. The maximum atomic E-state index is 4.40. The van der Waals surface area contributed by atoms with E-state index in [0.717, 1.165) is 24.6 Å². The molecule has 0 atom stereocenters. The summed E-state index contributed by atoms with van der Waals surface area (Å²) in [6.45, 7) is 4.22. The summed E-state index contributed by atoms with van der Waals surface area (Å²) in [6, 6.07) is 0.599. The molecule has 1 aliphatic heterocycles. The number of nitrogens with one attached hydrogen (secondary N) is 1. The summed E-state index contributed by atoms with van der Waals surface area (Å²) in [5, 5.41) is 3.37.